The van der Waals surface area contributed by atoms with Gasteiger partial charge in [-0.1, -0.05) is 0 Å². The van der Waals surface area contributed by atoms with E-state index < -0.39 is 0 Å². The third kappa shape index (κ3) is 3.64. The third-order valence-corrected chi connectivity index (χ3v) is 5.36. The van der Waals surface area contributed by atoms with Gasteiger partial charge >= 0.3 is 5.97 Å². The Morgan fingerprint density at radius 1 is 1.30 bits per heavy atom. The fourth-order valence-corrected chi connectivity index (χ4v) is 3.96. The lowest BCUT2D eigenvalue weighted by molar-refractivity contribution is 0.0527. The van der Waals surface area contributed by atoms with E-state index in [9.17, 15) is 9.59 Å². The first kappa shape index (κ1) is 17.5. The van der Waals surface area contributed by atoms with E-state index in [0.29, 0.717) is 28.7 Å². The van der Waals surface area contributed by atoms with Gasteiger partial charge in [0, 0.05) is 18.0 Å². The quantitative estimate of drug-likeness (QED) is 0.648. The molecule has 1 aromatic carbocycles. The lowest BCUT2D eigenvalue weighted by atomic mass is 10.1. The molecule has 0 aliphatic heterocycles. The average molecular weight is 381 g/mol. The lowest BCUT2D eigenvalue weighted by Gasteiger charge is -2.09. The van der Waals surface area contributed by atoms with E-state index in [1.807, 2.05) is 29.8 Å². The van der Waals surface area contributed by atoms with Crippen LogP contribution in [0.5, 0.6) is 0 Å². The van der Waals surface area contributed by atoms with Gasteiger partial charge in [0.25, 0.3) is 5.91 Å². The number of carbonyl (C=O) groups excluding carboxylic acids is 2. The summed E-state index contributed by atoms with van der Waals surface area (Å²) in [5.74, 6) is -0.221. The Labute approximate surface area is 160 Å². The van der Waals surface area contributed by atoms with Crippen molar-refractivity contribution in [3.8, 4) is 5.69 Å². The molecular weight excluding hydrogens is 362 g/mol. The maximum Gasteiger partial charge on any atom is 0.341 e. The average Bonchev–Trinajstić information content (AvgIpc) is 3.20. The summed E-state index contributed by atoms with van der Waals surface area (Å²) in [5.41, 5.74) is 2.88. The second kappa shape index (κ2) is 7.36. The number of ether oxygens (including phenoxy) is 1. The predicted molar refractivity (Wildman–Crippen MR) is 104 cm³/mol. The summed E-state index contributed by atoms with van der Waals surface area (Å²) in [7, 11) is 0. The molecule has 1 amide bonds. The van der Waals surface area contributed by atoms with E-state index in [-0.39, 0.29) is 11.9 Å². The van der Waals surface area contributed by atoms with Crippen molar-refractivity contribution in [3.05, 3.63) is 64.8 Å². The van der Waals surface area contributed by atoms with Gasteiger partial charge in [0.15, 0.2) is 0 Å². The molecule has 7 heteroatoms. The maximum absolute atomic E-state index is 12.7. The number of rotatable bonds is 6. The first-order valence-electron chi connectivity index (χ1n) is 8.87. The van der Waals surface area contributed by atoms with Crippen molar-refractivity contribution < 1.29 is 14.3 Å². The maximum atomic E-state index is 12.7. The van der Waals surface area contributed by atoms with Gasteiger partial charge in [-0.05, 0) is 67.0 Å². The van der Waals surface area contributed by atoms with Crippen molar-refractivity contribution in [3.63, 3.8) is 0 Å². The number of aromatic nitrogens is 2. The zero-order valence-electron chi connectivity index (χ0n) is 14.8. The number of carbonyl (C=O) groups is 2. The van der Waals surface area contributed by atoms with Crippen molar-refractivity contribution in [1.82, 2.24) is 9.78 Å². The minimum Gasteiger partial charge on any atom is -0.462 e. The van der Waals surface area contributed by atoms with Crippen molar-refractivity contribution >= 4 is 28.2 Å². The van der Waals surface area contributed by atoms with Gasteiger partial charge in [-0.2, -0.15) is 5.10 Å². The summed E-state index contributed by atoms with van der Waals surface area (Å²) < 4.78 is 6.92. The second-order valence-electron chi connectivity index (χ2n) is 6.34. The van der Waals surface area contributed by atoms with E-state index >= 15 is 0 Å². The molecule has 0 atom stereocenters. The summed E-state index contributed by atoms with van der Waals surface area (Å²) >= 11 is 1.38. The van der Waals surface area contributed by atoms with Crippen LogP contribution in [0, 0.1) is 0 Å². The molecule has 0 bridgehead atoms. The van der Waals surface area contributed by atoms with Crippen LogP contribution >= 0.6 is 11.3 Å². The van der Waals surface area contributed by atoms with Crippen LogP contribution in [0.25, 0.3) is 5.69 Å². The Hall–Kier alpha value is -2.93. The molecule has 4 rings (SSSR count). The number of hydrogen-bond donors (Lipinski definition) is 1. The van der Waals surface area contributed by atoms with Crippen LogP contribution < -0.4 is 5.32 Å². The number of esters is 1. The zero-order chi connectivity index (χ0) is 18.8. The topological polar surface area (TPSA) is 73.2 Å². The third-order valence-electron chi connectivity index (χ3n) is 4.44. The van der Waals surface area contributed by atoms with Crippen LogP contribution in [0.2, 0.25) is 0 Å². The number of thiophene rings is 1. The Morgan fingerprint density at radius 3 is 2.70 bits per heavy atom. The molecule has 1 aliphatic rings. The van der Waals surface area contributed by atoms with Crippen molar-refractivity contribution in [1.29, 1.82) is 0 Å². The highest BCUT2D eigenvalue weighted by molar-refractivity contribution is 7.15. The highest BCUT2D eigenvalue weighted by atomic mass is 32.1. The molecule has 138 valence electrons. The van der Waals surface area contributed by atoms with Gasteiger partial charge in [0.1, 0.15) is 5.00 Å². The second-order valence-corrected chi connectivity index (χ2v) is 7.22. The largest absolute Gasteiger partial charge is 0.462 e. The first-order valence-corrected chi connectivity index (χ1v) is 9.75. The molecule has 1 aliphatic carbocycles. The Balaban J connectivity index is 1.55. The highest BCUT2D eigenvalue weighted by Gasteiger charge is 2.32. The molecule has 1 fully saturated rings. The fourth-order valence-electron chi connectivity index (χ4n) is 2.93. The molecule has 0 saturated heterocycles. The fraction of sp³-hybridized carbons (Fsp3) is 0.250. The number of hydrogen-bond acceptors (Lipinski definition) is 5. The minimum atomic E-state index is -0.370. The monoisotopic (exact) mass is 381 g/mol. The van der Waals surface area contributed by atoms with Crippen LogP contribution in [0.1, 0.15) is 52.0 Å². The van der Waals surface area contributed by atoms with Gasteiger partial charge in [0.2, 0.25) is 0 Å². The minimum absolute atomic E-state index is 0.253. The summed E-state index contributed by atoms with van der Waals surface area (Å²) in [6.07, 6.45) is 5.69. The summed E-state index contributed by atoms with van der Waals surface area (Å²) in [6, 6.07) is 8.99. The van der Waals surface area contributed by atoms with E-state index in [4.69, 9.17) is 4.74 Å². The molecular formula is C20H19N3O3S. The first-order chi connectivity index (χ1) is 13.2. The Kier molecular flexibility index (Phi) is 4.77. The van der Waals surface area contributed by atoms with Gasteiger partial charge in [-0.15, -0.1) is 11.3 Å². The number of amides is 1. The van der Waals surface area contributed by atoms with Gasteiger partial charge in [-0.3, -0.25) is 4.79 Å². The van der Waals surface area contributed by atoms with E-state index in [1.165, 1.54) is 11.3 Å². The van der Waals surface area contributed by atoms with Crippen molar-refractivity contribution in [2.75, 3.05) is 11.9 Å². The van der Waals surface area contributed by atoms with Crippen molar-refractivity contribution in [2.45, 2.75) is 25.7 Å². The van der Waals surface area contributed by atoms with Crippen LogP contribution in [0.4, 0.5) is 5.00 Å². The predicted octanol–water partition coefficient (Wildman–Crippen LogP) is 4.24. The molecule has 0 spiro atoms. The summed E-state index contributed by atoms with van der Waals surface area (Å²) in [4.78, 5) is 25.1. The van der Waals surface area contributed by atoms with Crippen LogP contribution in [-0.2, 0) is 4.74 Å². The van der Waals surface area contributed by atoms with Crippen LogP contribution in [0.3, 0.4) is 0 Å². The molecule has 0 unspecified atom stereocenters. The molecule has 0 radical (unpaired) electrons. The molecule has 1 saturated carbocycles. The molecule has 2 heterocycles. The number of benzene rings is 1. The van der Waals surface area contributed by atoms with Gasteiger partial charge in [-0.25, -0.2) is 9.48 Å². The normalized spacial score (nSPS) is 13.4. The van der Waals surface area contributed by atoms with E-state index in [1.54, 1.807) is 29.9 Å². The number of nitrogens with zero attached hydrogens (tertiary/aromatic N) is 2. The Bertz CT molecular complexity index is 957. The molecule has 3 aromatic rings. The Morgan fingerprint density at radius 2 is 2.07 bits per heavy atom. The zero-order valence-corrected chi connectivity index (χ0v) is 15.7. The molecule has 1 N–H and O–H groups in total. The van der Waals surface area contributed by atoms with Crippen LogP contribution in [-0.4, -0.2) is 28.3 Å². The van der Waals surface area contributed by atoms with Gasteiger partial charge < -0.3 is 10.1 Å². The van der Waals surface area contributed by atoms with Gasteiger partial charge in [0.05, 0.1) is 17.9 Å². The number of nitrogens with one attached hydrogen (secondary N) is 1. The molecule has 27 heavy (non-hydrogen) atoms. The smallest absolute Gasteiger partial charge is 0.341 e. The molecule has 2 aromatic heterocycles. The molecule has 6 nitrogen and oxygen atoms in total. The highest BCUT2D eigenvalue weighted by Crippen LogP contribution is 2.46. The SMILES string of the molecule is CCOC(=O)c1c(C2CC2)csc1NC(=O)c1ccc(-n2cccn2)cc1. The van der Waals surface area contributed by atoms with E-state index in [0.717, 1.165) is 24.1 Å². The lowest BCUT2D eigenvalue weighted by Crippen LogP contribution is -2.15. The van der Waals surface area contributed by atoms with Crippen molar-refractivity contribution in [2.24, 2.45) is 0 Å². The summed E-state index contributed by atoms with van der Waals surface area (Å²) in [6.45, 7) is 2.08. The number of anilines is 1. The standard InChI is InChI=1S/C20H19N3O3S/c1-2-26-20(25)17-16(13-4-5-13)12-27-19(17)22-18(24)14-6-8-15(9-7-14)23-11-3-10-21-23/h3,6-13H,2,4-5H2,1H3,(H,22,24). The van der Waals surface area contributed by atoms with E-state index in [2.05, 4.69) is 10.4 Å². The summed E-state index contributed by atoms with van der Waals surface area (Å²) in [5, 5.41) is 9.56. The van der Waals surface area contributed by atoms with Crippen LogP contribution in [0.15, 0.2) is 48.1 Å².